The highest BCUT2D eigenvalue weighted by Gasteiger charge is 2.53. The van der Waals surface area contributed by atoms with Crippen LogP contribution in [0.2, 0.25) is 18.1 Å². The van der Waals surface area contributed by atoms with E-state index in [2.05, 4.69) is 10.3 Å². The van der Waals surface area contributed by atoms with Gasteiger partial charge in [0.05, 0.1) is 25.0 Å². The molecular formula is C48H64N3O13PSi. The fourth-order valence-electron chi connectivity index (χ4n) is 6.81. The normalized spacial score (nSPS) is 16.2. The highest BCUT2D eigenvalue weighted by atomic mass is 31.2. The van der Waals surface area contributed by atoms with Gasteiger partial charge in [0.2, 0.25) is 11.8 Å². The maximum atomic E-state index is 14.6. The molecule has 2 atom stereocenters. The van der Waals surface area contributed by atoms with Gasteiger partial charge in [0.15, 0.2) is 8.32 Å². The second-order valence-corrected chi connectivity index (χ2v) is 25.7. The summed E-state index contributed by atoms with van der Waals surface area (Å²) in [7, 11) is -5.05. The summed E-state index contributed by atoms with van der Waals surface area (Å²) >= 11 is 0. The first-order valence-corrected chi connectivity index (χ1v) is 25.9. The molecule has 3 aromatic carbocycles. The van der Waals surface area contributed by atoms with Crippen molar-refractivity contribution in [1.29, 1.82) is 0 Å². The summed E-state index contributed by atoms with van der Waals surface area (Å²) in [4.78, 5) is 66.3. The third-order valence-electron chi connectivity index (χ3n) is 11.6. The fourth-order valence-corrected chi connectivity index (χ4v) is 8.68. The lowest BCUT2D eigenvalue weighted by atomic mass is 9.77. The molecule has 0 aliphatic carbocycles. The van der Waals surface area contributed by atoms with Crippen LogP contribution in [-0.4, -0.2) is 78.7 Å². The van der Waals surface area contributed by atoms with Gasteiger partial charge in [-0.1, -0.05) is 75.4 Å². The van der Waals surface area contributed by atoms with E-state index in [1.807, 2.05) is 113 Å². The summed E-state index contributed by atoms with van der Waals surface area (Å²) in [5, 5.41) is 3.23. The van der Waals surface area contributed by atoms with E-state index in [0.29, 0.717) is 11.5 Å². The zero-order chi connectivity index (χ0) is 49.1. The van der Waals surface area contributed by atoms with Crippen molar-refractivity contribution in [3.05, 3.63) is 130 Å². The van der Waals surface area contributed by atoms with Crippen LogP contribution in [0, 0.1) is 10.8 Å². The Labute approximate surface area is 388 Å². The fraction of sp³-hybridized carbons (Fsp3) is 0.458. The van der Waals surface area contributed by atoms with Crippen LogP contribution in [0.1, 0.15) is 85.2 Å². The van der Waals surface area contributed by atoms with Gasteiger partial charge in [-0.2, -0.15) is 4.98 Å². The molecule has 0 fully saturated rings. The van der Waals surface area contributed by atoms with E-state index in [9.17, 15) is 28.7 Å². The lowest BCUT2D eigenvalue weighted by molar-refractivity contribution is -0.172. The zero-order valence-electron chi connectivity index (χ0n) is 40.0. The maximum Gasteiger partial charge on any atom is 0.470 e. The third-order valence-corrected chi connectivity index (χ3v) is 16.7. The molecule has 0 radical (unpaired) electrons. The van der Waals surface area contributed by atoms with Crippen molar-refractivity contribution in [3.8, 4) is 11.5 Å². The third kappa shape index (κ3) is 11.8. The quantitative estimate of drug-likeness (QED) is 0.0393. The molecule has 0 amide bonds. The number of nitrogens with one attached hydrogen (secondary N) is 1. The van der Waals surface area contributed by atoms with Gasteiger partial charge in [0.1, 0.15) is 47.9 Å². The van der Waals surface area contributed by atoms with Crippen LogP contribution >= 0.6 is 7.82 Å². The van der Waals surface area contributed by atoms with Crippen LogP contribution in [0.4, 0.5) is 5.82 Å². The molecule has 0 unspecified atom stereocenters. The van der Waals surface area contributed by atoms with E-state index in [1.54, 1.807) is 61.8 Å². The Bertz CT molecular complexity index is 2390. The smallest absolute Gasteiger partial charge is 0.470 e. The van der Waals surface area contributed by atoms with Gasteiger partial charge in [-0.3, -0.25) is 18.7 Å². The van der Waals surface area contributed by atoms with Gasteiger partial charge in [-0.15, -0.1) is 0 Å². The number of aromatic nitrogens is 2. The molecule has 16 nitrogen and oxygen atoms in total. The van der Waals surface area contributed by atoms with Gasteiger partial charge < -0.3 is 43.2 Å². The van der Waals surface area contributed by atoms with Crippen LogP contribution in [0.3, 0.4) is 0 Å². The SMILES string of the molecule is COc1ccc(C(Nc2ccn([C@@H]3OC(C(COC(=O)C(C)(C)C)(COC(=O)C(C)(C)C)OP(=O)(O)O)=C[C@H]3O[Si](C)(C)C(C)(C)C)c(=O)n2)(c2ccccc2)c2ccc(OC)cc2)cc1. The topological polar surface area (TPSA) is 203 Å². The number of methoxy groups -OCH3 is 2. The molecule has 1 aromatic heterocycles. The minimum Gasteiger partial charge on any atom is -0.497 e. The molecule has 0 saturated heterocycles. The average molecular weight is 950 g/mol. The first kappa shape index (κ1) is 51.7. The standard InChI is InChI=1S/C48H64N3O13PSi/c1-44(2,3)41(52)60-30-47(64-65(55,56)57,31-61-42(53)45(4,5)6)38-29-37(63-66(12,13)46(7,8)9)40(62-38)51-28-27-39(49-43(51)54)50-48(32-17-15-14-16-18-32,33-19-23-35(58-10)24-20-33)34-21-25-36(59-11)26-22-34/h14-29,37,40H,30-31H2,1-13H3,(H,49,50,54)(H2,55,56,57)/t37-,40-/m1/s1. The zero-order valence-corrected chi connectivity index (χ0v) is 41.9. The predicted octanol–water partition coefficient (Wildman–Crippen LogP) is 8.49. The summed E-state index contributed by atoms with van der Waals surface area (Å²) in [6, 6.07) is 26.4. The number of phosphoric acid groups is 1. The minimum absolute atomic E-state index is 0.183. The highest BCUT2D eigenvalue weighted by molar-refractivity contribution is 7.46. The van der Waals surface area contributed by atoms with Crippen molar-refractivity contribution in [2.24, 2.45) is 10.8 Å². The summed E-state index contributed by atoms with van der Waals surface area (Å²) in [5.41, 5.74) is -4.03. The first-order chi connectivity index (χ1) is 30.5. The number of rotatable bonds is 17. The van der Waals surface area contributed by atoms with Gasteiger partial charge in [-0.25, -0.2) is 9.36 Å². The average Bonchev–Trinajstić information content (AvgIpc) is 3.65. The molecule has 66 heavy (non-hydrogen) atoms. The molecule has 4 aromatic rings. The molecule has 2 heterocycles. The van der Waals surface area contributed by atoms with Crippen molar-refractivity contribution < 1.29 is 56.6 Å². The Balaban J connectivity index is 1.68. The second-order valence-electron chi connectivity index (χ2n) is 19.8. The monoisotopic (exact) mass is 949 g/mol. The van der Waals surface area contributed by atoms with Crippen LogP contribution in [-0.2, 0) is 42.9 Å². The number of ether oxygens (including phenoxy) is 5. The van der Waals surface area contributed by atoms with Crippen LogP contribution < -0.4 is 20.5 Å². The van der Waals surface area contributed by atoms with E-state index in [4.69, 9.17) is 32.6 Å². The number of hydrogen-bond donors (Lipinski definition) is 3. The molecule has 3 N–H and O–H groups in total. The minimum atomic E-state index is -5.48. The highest BCUT2D eigenvalue weighted by Crippen LogP contribution is 2.49. The first-order valence-electron chi connectivity index (χ1n) is 21.4. The van der Waals surface area contributed by atoms with Gasteiger partial charge in [0.25, 0.3) is 0 Å². The van der Waals surface area contributed by atoms with Crippen molar-refractivity contribution in [2.45, 2.75) is 104 Å². The van der Waals surface area contributed by atoms with E-state index >= 15 is 0 Å². The summed E-state index contributed by atoms with van der Waals surface area (Å²) in [6.45, 7) is 17.9. The Morgan fingerprint density at radius 1 is 0.758 bits per heavy atom. The molecule has 18 heteroatoms. The molecule has 0 spiro atoms. The molecule has 1 aliphatic rings. The summed E-state index contributed by atoms with van der Waals surface area (Å²) < 4.78 is 55.2. The number of carbonyl (C=O) groups is 2. The number of phosphoric ester groups is 1. The van der Waals surface area contributed by atoms with Gasteiger partial charge in [0, 0.05) is 6.20 Å². The number of anilines is 1. The van der Waals surface area contributed by atoms with E-state index in [1.165, 1.54) is 16.8 Å². The van der Waals surface area contributed by atoms with Crippen molar-refractivity contribution >= 4 is 33.9 Å². The molecule has 5 rings (SSSR count). The van der Waals surface area contributed by atoms with Gasteiger partial charge in [-0.05, 0) is 113 Å². The van der Waals surface area contributed by atoms with Crippen LogP contribution in [0.5, 0.6) is 11.5 Å². The van der Waals surface area contributed by atoms with Crippen molar-refractivity contribution in [1.82, 2.24) is 9.55 Å². The number of carbonyl (C=O) groups excluding carboxylic acids is 2. The van der Waals surface area contributed by atoms with Crippen LogP contribution in [0.25, 0.3) is 0 Å². The number of nitrogens with zero attached hydrogens (tertiary/aromatic N) is 2. The molecular weight excluding hydrogens is 886 g/mol. The molecule has 1 aliphatic heterocycles. The van der Waals surface area contributed by atoms with E-state index in [-0.39, 0.29) is 16.6 Å². The summed E-state index contributed by atoms with van der Waals surface area (Å²) in [5.74, 6) is -0.324. The number of benzene rings is 3. The number of hydrogen-bond acceptors (Lipinski definition) is 13. The molecule has 358 valence electrons. The lowest BCUT2D eigenvalue weighted by Gasteiger charge is -2.39. The summed E-state index contributed by atoms with van der Waals surface area (Å²) in [6.07, 6.45) is 0.450. The Morgan fingerprint density at radius 2 is 1.23 bits per heavy atom. The Kier molecular flexibility index (Phi) is 15.3. The van der Waals surface area contributed by atoms with Crippen molar-refractivity contribution in [2.75, 3.05) is 32.8 Å². The van der Waals surface area contributed by atoms with Gasteiger partial charge >= 0.3 is 25.5 Å². The van der Waals surface area contributed by atoms with E-state index in [0.717, 1.165) is 16.7 Å². The maximum absolute atomic E-state index is 14.6. The van der Waals surface area contributed by atoms with Crippen molar-refractivity contribution in [3.63, 3.8) is 0 Å². The van der Waals surface area contributed by atoms with Crippen LogP contribution in [0.15, 0.2) is 108 Å². The molecule has 0 saturated carbocycles. The lowest BCUT2D eigenvalue weighted by Crippen LogP contribution is -2.47. The largest absolute Gasteiger partial charge is 0.497 e. The Hall–Kier alpha value is -5.29. The van der Waals surface area contributed by atoms with E-state index < -0.39 is 81.3 Å². The predicted molar refractivity (Wildman–Crippen MR) is 251 cm³/mol. The Morgan fingerprint density at radius 3 is 1.64 bits per heavy atom. The second kappa shape index (κ2) is 19.5. The molecule has 0 bridgehead atoms. The number of esters is 2.